The average molecular weight is 319 g/mol. The first kappa shape index (κ1) is 16.0. The molecular formula is C21H34O2. The van der Waals surface area contributed by atoms with Crippen molar-refractivity contribution in [1.82, 2.24) is 0 Å². The minimum atomic E-state index is -0.0756. The van der Waals surface area contributed by atoms with Gasteiger partial charge >= 0.3 is 5.97 Å². The van der Waals surface area contributed by atoms with Crippen molar-refractivity contribution >= 4 is 5.97 Å². The zero-order valence-corrected chi connectivity index (χ0v) is 15.3. The molecule has 2 nitrogen and oxygen atoms in total. The molecule has 130 valence electrons. The third-order valence-electron chi connectivity index (χ3n) is 8.69. The molecular weight excluding hydrogens is 284 g/mol. The monoisotopic (exact) mass is 318 g/mol. The molecule has 4 saturated carbocycles. The van der Waals surface area contributed by atoms with Crippen LogP contribution in [0.5, 0.6) is 0 Å². The van der Waals surface area contributed by atoms with Crippen molar-refractivity contribution in [2.75, 3.05) is 0 Å². The van der Waals surface area contributed by atoms with Crippen LogP contribution in [-0.4, -0.2) is 12.1 Å². The summed E-state index contributed by atoms with van der Waals surface area (Å²) in [6, 6.07) is 0. The molecule has 0 amide bonds. The first-order valence-corrected chi connectivity index (χ1v) is 10.1. The fraction of sp³-hybridized carbons (Fsp3) is 0.952. The molecule has 0 N–H and O–H groups in total. The van der Waals surface area contributed by atoms with Crippen molar-refractivity contribution in [3.63, 3.8) is 0 Å². The molecule has 0 aromatic rings. The number of hydrogen-bond donors (Lipinski definition) is 0. The first-order valence-electron chi connectivity index (χ1n) is 10.1. The Morgan fingerprint density at radius 2 is 1.65 bits per heavy atom. The van der Waals surface area contributed by atoms with Gasteiger partial charge in [0.15, 0.2) is 0 Å². The van der Waals surface area contributed by atoms with Crippen LogP contribution in [0.4, 0.5) is 0 Å². The number of esters is 1. The van der Waals surface area contributed by atoms with E-state index in [1.807, 2.05) is 0 Å². The highest BCUT2D eigenvalue weighted by Gasteiger charge is 2.59. The van der Waals surface area contributed by atoms with Crippen LogP contribution in [0.3, 0.4) is 0 Å². The number of hydrogen-bond acceptors (Lipinski definition) is 2. The van der Waals surface area contributed by atoms with E-state index in [0.29, 0.717) is 16.7 Å². The van der Waals surface area contributed by atoms with Crippen LogP contribution in [-0.2, 0) is 9.53 Å². The Morgan fingerprint density at radius 1 is 0.870 bits per heavy atom. The lowest BCUT2D eigenvalue weighted by molar-refractivity contribution is -0.172. The Labute approximate surface area is 141 Å². The van der Waals surface area contributed by atoms with Crippen LogP contribution in [0.25, 0.3) is 0 Å². The topological polar surface area (TPSA) is 26.3 Å². The van der Waals surface area contributed by atoms with Gasteiger partial charge in [-0.15, -0.1) is 0 Å². The van der Waals surface area contributed by atoms with E-state index in [4.69, 9.17) is 4.74 Å². The Bertz CT molecular complexity index is 486. The van der Waals surface area contributed by atoms with Crippen LogP contribution in [0, 0.1) is 34.5 Å². The van der Waals surface area contributed by atoms with Gasteiger partial charge in [-0.2, -0.15) is 0 Å². The molecule has 0 heterocycles. The van der Waals surface area contributed by atoms with Gasteiger partial charge in [0.1, 0.15) is 6.10 Å². The summed E-state index contributed by atoms with van der Waals surface area (Å²) in [5, 5.41) is 0. The summed E-state index contributed by atoms with van der Waals surface area (Å²) in [7, 11) is 0. The normalized spacial score (nSPS) is 52.2. The zero-order chi connectivity index (χ0) is 16.2. The molecule has 0 aliphatic heterocycles. The number of rotatable bonds is 1. The second kappa shape index (κ2) is 5.49. The number of fused-ring (bicyclic) bond motifs is 5. The van der Waals surface area contributed by atoms with Crippen LogP contribution in [0.2, 0.25) is 0 Å². The van der Waals surface area contributed by atoms with Gasteiger partial charge in [-0.3, -0.25) is 4.79 Å². The molecule has 4 aliphatic carbocycles. The third kappa shape index (κ3) is 2.38. The summed E-state index contributed by atoms with van der Waals surface area (Å²) in [5.74, 6) is 3.36. The van der Waals surface area contributed by atoms with Crippen molar-refractivity contribution in [3.8, 4) is 0 Å². The number of carbonyl (C=O) groups is 1. The van der Waals surface area contributed by atoms with Crippen LogP contribution < -0.4 is 0 Å². The van der Waals surface area contributed by atoms with Gasteiger partial charge in [0, 0.05) is 12.8 Å². The van der Waals surface area contributed by atoms with E-state index in [-0.39, 0.29) is 12.1 Å². The molecule has 0 aromatic carbocycles. The first-order chi connectivity index (χ1) is 10.9. The molecule has 0 spiro atoms. The van der Waals surface area contributed by atoms with Crippen LogP contribution in [0.15, 0.2) is 0 Å². The summed E-state index contributed by atoms with van der Waals surface area (Å²) in [6.45, 7) is 6.72. The second-order valence-corrected chi connectivity index (χ2v) is 9.69. The molecule has 2 heteroatoms. The predicted octanol–water partition coefficient (Wildman–Crippen LogP) is 5.35. The van der Waals surface area contributed by atoms with E-state index in [9.17, 15) is 4.79 Å². The Morgan fingerprint density at radius 3 is 2.43 bits per heavy atom. The SMILES string of the molecule is CC(=O)OC1CCCC2(C)C1CCC1C3CCCC3(C)CCC12. The summed E-state index contributed by atoms with van der Waals surface area (Å²) in [5.41, 5.74) is 1.07. The van der Waals surface area contributed by atoms with Crippen molar-refractivity contribution in [3.05, 3.63) is 0 Å². The molecule has 7 unspecified atom stereocenters. The predicted molar refractivity (Wildman–Crippen MR) is 91.9 cm³/mol. The van der Waals surface area contributed by atoms with Crippen molar-refractivity contribution in [1.29, 1.82) is 0 Å². The minimum Gasteiger partial charge on any atom is -0.462 e. The number of carbonyl (C=O) groups excluding carboxylic acids is 1. The maximum atomic E-state index is 11.5. The third-order valence-corrected chi connectivity index (χ3v) is 8.69. The lowest BCUT2D eigenvalue weighted by Gasteiger charge is -2.61. The highest BCUT2D eigenvalue weighted by molar-refractivity contribution is 5.66. The Kier molecular flexibility index (Phi) is 3.81. The van der Waals surface area contributed by atoms with E-state index in [1.54, 1.807) is 6.92 Å². The molecule has 0 bridgehead atoms. The van der Waals surface area contributed by atoms with Gasteiger partial charge in [0.25, 0.3) is 0 Å². The van der Waals surface area contributed by atoms with Gasteiger partial charge in [-0.05, 0) is 86.4 Å². The standard InChI is InChI=1S/C21H34O2/c1-14(22)23-19-7-5-12-21(3)17-10-13-20(2)11-4-6-16(20)15(17)8-9-18(19)21/h15-19H,4-13H2,1-3H3. The van der Waals surface area contributed by atoms with Gasteiger partial charge in [0.05, 0.1) is 0 Å². The minimum absolute atomic E-state index is 0.0756. The second-order valence-electron chi connectivity index (χ2n) is 9.69. The molecule has 7 atom stereocenters. The van der Waals surface area contributed by atoms with Crippen LogP contribution in [0.1, 0.15) is 85.0 Å². The molecule has 4 aliphatic rings. The maximum Gasteiger partial charge on any atom is 0.302 e. The highest BCUT2D eigenvalue weighted by Crippen LogP contribution is 2.66. The Balaban J connectivity index is 1.60. The molecule has 23 heavy (non-hydrogen) atoms. The quantitative estimate of drug-likeness (QED) is 0.609. The van der Waals surface area contributed by atoms with E-state index in [2.05, 4.69) is 13.8 Å². The van der Waals surface area contributed by atoms with Crippen molar-refractivity contribution < 1.29 is 9.53 Å². The fourth-order valence-corrected chi connectivity index (χ4v) is 7.70. The lowest BCUT2D eigenvalue weighted by atomic mass is 9.45. The molecule has 0 aromatic heterocycles. The molecule has 0 saturated heterocycles. The van der Waals surface area contributed by atoms with Gasteiger partial charge < -0.3 is 4.74 Å². The molecule has 0 radical (unpaired) electrons. The fourth-order valence-electron chi connectivity index (χ4n) is 7.70. The largest absolute Gasteiger partial charge is 0.462 e. The lowest BCUT2D eigenvalue weighted by Crippen LogP contribution is -2.55. The summed E-state index contributed by atoms with van der Waals surface area (Å²) in [4.78, 5) is 11.5. The summed E-state index contributed by atoms with van der Waals surface area (Å²) in [6.07, 6.45) is 13.9. The average Bonchev–Trinajstić information content (AvgIpc) is 2.88. The molecule has 4 rings (SSSR count). The van der Waals surface area contributed by atoms with Crippen molar-refractivity contribution in [2.24, 2.45) is 34.5 Å². The Hall–Kier alpha value is -0.530. The van der Waals surface area contributed by atoms with E-state index in [1.165, 1.54) is 57.8 Å². The molecule has 4 fully saturated rings. The van der Waals surface area contributed by atoms with Gasteiger partial charge in [0.2, 0.25) is 0 Å². The van der Waals surface area contributed by atoms with Crippen LogP contribution >= 0.6 is 0 Å². The van der Waals surface area contributed by atoms with Gasteiger partial charge in [-0.1, -0.05) is 20.3 Å². The van der Waals surface area contributed by atoms with Gasteiger partial charge in [-0.25, -0.2) is 0 Å². The maximum absolute atomic E-state index is 11.5. The smallest absolute Gasteiger partial charge is 0.302 e. The highest BCUT2D eigenvalue weighted by atomic mass is 16.5. The van der Waals surface area contributed by atoms with E-state index < -0.39 is 0 Å². The number of ether oxygens (including phenoxy) is 1. The van der Waals surface area contributed by atoms with E-state index in [0.717, 1.165) is 24.2 Å². The summed E-state index contributed by atoms with van der Waals surface area (Å²) >= 11 is 0. The van der Waals surface area contributed by atoms with E-state index >= 15 is 0 Å². The van der Waals surface area contributed by atoms with Crippen molar-refractivity contribution in [2.45, 2.75) is 91.1 Å². The summed E-state index contributed by atoms with van der Waals surface area (Å²) < 4.78 is 5.77. The zero-order valence-electron chi connectivity index (χ0n) is 15.3.